The van der Waals surface area contributed by atoms with Crippen LogP contribution < -0.4 is 20.1 Å². The van der Waals surface area contributed by atoms with Crippen LogP contribution >= 0.6 is 0 Å². The van der Waals surface area contributed by atoms with Gasteiger partial charge in [0.1, 0.15) is 0 Å². The Bertz CT molecular complexity index is 709. The van der Waals surface area contributed by atoms with E-state index in [9.17, 15) is 23.2 Å². The van der Waals surface area contributed by atoms with Crippen molar-refractivity contribution in [3.05, 3.63) is 29.8 Å². The average Bonchev–Trinajstić information content (AvgIpc) is 2.60. The van der Waals surface area contributed by atoms with Gasteiger partial charge in [-0.3, -0.25) is 10.1 Å². The van der Waals surface area contributed by atoms with E-state index in [1.54, 1.807) is 6.92 Å². The van der Waals surface area contributed by atoms with Crippen LogP contribution in [0.15, 0.2) is 24.3 Å². The summed E-state index contributed by atoms with van der Waals surface area (Å²) in [7, 11) is 1.28. The molecule has 1 atom stereocenters. The van der Waals surface area contributed by atoms with Crippen molar-refractivity contribution in [3.8, 4) is 11.5 Å². The van der Waals surface area contributed by atoms with E-state index in [1.807, 2.05) is 5.32 Å². The third-order valence-corrected chi connectivity index (χ3v) is 3.05. The smallest absolute Gasteiger partial charge is 0.387 e. The highest BCUT2D eigenvalue weighted by molar-refractivity contribution is 5.98. The number of benzene rings is 1. The standard InChI is InChI=1S/C17H20F2N2O6/c1-4-20-17(24)21-15(23)10(2)26-14(22)8-6-11-5-7-12(27-16(18)19)13(9-11)25-3/h5-10,16H,4H2,1-3H3,(H2,20,21,23,24). The summed E-state index contributed by atoms with van der Waals surface area (Å²) in [6.07, 6.45) is 1.19. The zero-order valence-electron chi connectivity index (χ0n) is 15.0. The van der Waals surface area contributed by atoms with E-state index in [1.165, 1.54) is 38.3 Å². The fourth-order valence-electron chi connectivity index (χ4n) is 1.83. The zero-order chi connectivity index (χ0) is 20.4. The van der Waals surface area contributed by atoms with Gasteiger partial charge in [0.15, 0.2) is 17.6 Å². The predicted molar refractivity (Wildman–Crippen MR) is 91.4 cm³/mol. The van der Waals surface area contributed by atoms with Crippen LogP contribution in [-0.2, 0) is 14.3 Å². The minimum absolute atomic E-state index is 0.0560. The molecule has 0 aliphatic rings. The van der Waals surface area contributed by atoms with E-state index in [2.05, 4.69) is 10.1 Å². The molecule has 2 N–H and O–H groups in total. The number of imide groups is 1. The molecular formula is C17H20F2N2O6. The Morgan fingerprint density at radius 3 is 2.52 bits per heavy atom. The molecule has 0 saturated heterocycles. The Balaban J connectivity index is 2.67. The molecule has 1 aromatic rings. The summed E-state index contributed by atoms with van der Waals surface area (Å²) < 4.78 is 38.7. The second-order valence-corrected chi connectivity index (χ2v) is 5.05. The van der Waals surface area contributed by atoms with Crippen molar-refractivity contribution in [2.24, 2.45) is 0 Å². The second kappa shape index (κ2) is 10.7. The molecule has 1 unspecified atom stereocenters. The normalized spacial score (nSPS) is 11.8. The highest BCUT2D eigenvalue weighted by atomic mass is 19.3. The summed E-state index contributed by atoms with van der Waals surface area (Å²) in [4.78, 5) is 34.7. The first-order chi connectivity index (χ1) is 12.8. The topological polar surface area (TPSA) is 103 Å². The van der Waals surface area contributed by atoms with Gasteiger partial charge in [-0.05, 0) is 37.6 Å². The Hall–Kier alpha value is -3.17. The first-order valence-corrected chi connectivity index (χ1v) is 7.87. The van der Waals surface area contributed by atoms with E-state index < -0.39 is 30.6 Å². The third-order valence-electron chi connectivity index (χ3n) is 3.05. The molecule has 0 fully saturated rings. The number of amides is 3. The van der Waals surface area contributed by atoms with Crippen molar-refractivity contribution in [3.63, 3.8) is 0 Å². The fraction of sp³-hybridized carbons (Fsp3) is 0.353. The number of esters is 1. The number of hydrogen-bond acceptors (Lipinski definition) is 6. The Kier molecular flexibility index (Phi) is 8.70. The Labute approximate surface area is 154 Å². The Morgan fingerprint density at radius 2 is 1.93 bits per heavy atom. The maximum absolute atomic E-state index is 12.3. The number of methoxy groups -OCH3 is 1. The lowest BCUT2D eigenvalue weighted by molar-refractivity contribution is -0.149. The van der Waals surface area contributed by atoms with Crippen LogP contribution in [0.25, 0.3) is 6.08 Å². The van der Waals surface area contributed by atoms with Gasteiger partial charge < -0.3 is 19.5 Å². The first-order valence-electron chi connectivity index (χ1n) is 7.87. The van der Waals surface area contributed by atoms with E-state index in [-0.39, 0.29) is 11.5 Å². The van der Waals surface area contributed by atoms with E-state index in [0.29, 0.717) is 12.1 Å². The zero-order valence-corrected chi connectivity index (χ0v) is 15.0. The van der Waals surface area contributed by atoms with Gasteiger partial charge in [0.25, 0.3) is 5.91 Å². The molecule has 0 saturated carbocycles. The maximum Gasteiger partial charge on any atom is 0.387 e. The van der Waals surface area contributed by atoms with Crippen LogP contribution in [0.3, 0.4) is 0 Å². The average molecular weight is 386 g/mol. The molecule has 0 bridgehead atoms. The lowest BCUT2D eigenvalue weighted by Gasteiger charge is -2.12. The van der Waals surface area contributed by atoms with Crippen LogP contribution in [-0.4, -0.2) is 44.3 Å². The molecule has 0 aliphatic heterocycles. The van der Waals surface area contributed by atoms with E-state index in [4.69, 9.17) is 9.47 Å². The summed E-state index contributed by atoms with van der Waals surface area (Å²) in [5.74, 6) is -1.71. The summed E-state index contributed by atoms with van der Waals surface area (Å²) in [6.45, 7) is 0.321. The van der Waals surface area contributed by atoms with Crippen molar-refractivity contribution in [1.29, 1.82) is 0 Å². The Morgan fingerprint density at radius 1 is 1.22 bits per heavy atom. The van der Waals surface area contributed by atoms with Crippen LogP contribution in [0.2, 0.25) is 0 Å². The molecule has 0 heterocycles. The van der Waals surface area contributed by atoms with Crippen LogP contribution in [0.5, 0.6) is 11.5 Å². The number of nitrogens with one attached hydrogen (secondary N) is 2. The van der Waals surface area contributed by atoms with Gasteiger partial charge in [0, 0.05) is 12.6 Å². The fourth-order valence-corrected chi connectivity index (χ4v) is 1.83. The number of halogens is 2. The first kappa shape index (κ1) is 21.9. The van der Waals surface area contributed by atoms with Crippen molar-refractivity contribution >= 4 is 24.0 Å². The quantitative estimate of drug-likeness (QED) is 0.524. The summed E-state index contributed by atoms with van der Waals surface area (Å²) in [5, 5.41) is 4.38. The molecule has 8 nitrogen and oxygen atoms in total. The van der Waals surface area contributed by atoms with Gasteiger partial charge in [-0.15, -0.1) is 0 Å². The molecule has 0 aromatic heterocycles. The summed E-state index contributed by atoms with van der Waals surface area (Å²) in [5.41, 5.74) is 0.449. The highest BCUT2D eigenvalue weighted by Crippen LogP contribution is 2.29. The predicted octanol–water partition coefficient (Wildman–Crippen LogP) is 2.09. The summed E-state index contributed by atoms with van der Waals surface area (Å²) >= 11 is 0. The molecular weight excluding hydrogens is 366 g/mol. The van der Waals surface area contributed by atoms with Gasteiger partial charge in [-0.25, -0.2) is 9.59 Å². The van der Waals surface area contributed by atoms with Gasteiger partial charge >= 0.3 is 18.6 Å². The van der Waals surface area contributed by atoms with Crippen LogP contribution in [0, 0.1) is 0 Å². The molecule has 0 radical (unpaired) electrons. The minimum atomic E-state index is -3.00. The van der Waals surface area contributed by atoms with Crippen molar-refractivity contribution in [2.45, 2.75) is 26.6 Å². The second-order valence-electron chi connectivity index (χ2n) is 5.05. The minimum Gasteiger partial charge on any atom is -0.493 e. The maximum atomic E-state index is 12.3. The molecule has 148 valence electrons. The molecule has 0 aliphatic carbocycles. The molecule has 0 spiro atoms. The summed E-state index contributed by atoms with van der Waals surface area (Å²) in [6, 6.07) is 3.37. The van der Waals surface area contributed by atoms with E-state index >= 15 is 0 Å². The number of ether oxygens (including phenoxy) is 3. The van der Waals surface area contributed by atoms with Crippen molar-refractivity contribution in [1.82, 2.24) is 10.6 Å². The lowest BCUT2D eigenvalue weighted by atomic mass is 10.2. The van der Waals surface area contributed by atoms with Gasteiger partial charge in [-0.1, -0.05) is 6.07 Å². The van der Waals surface area contributed by atoms with Gasteiger partial charge in [0.05, 0.1) is 7.11 Å². The van der Waals surface area contributed by atoms with Crippen LogP contribution in [0.4, 0.5) is 13.6 Å². The van der Waals surface area contributed by atoms with Gasteiger partial charge in [-0.2, -0.15) is 8.78 Å². The number of rotatable bonds is 8. The molecule has 10 heteroatoms. The van der Waals surface area contributed by atoms with Crippen molar-refractivity contribution < 1.29 is 37.4 Å². The molecule has 3 amide bonds. The number of alkyl halides is 2. The largest absolute Gasteiger partial charge is 0.493 e. The number of urea groups is 1. The monoisotopic (exact) mass is 386 g/mol. The molecule has 1 rings (SSSR count). The SMILES string of the molecule is CCNC(=O)NC(=O)C(C)OC(=O)C=Cc1ccc(OC(F)F)c(OC)c1. The van der Waals surface area contributed by atoms with Gasteiger partial charge in [0.2, 0.25) is 0 Å². The lowest BCUT2D eigenvalue weighted by Crippen LogP contribution is -2.44. The molecule has 1 aromatic carbocycles. The highest BCUT2D eigenvalue weighted by Gasteiger charge is 2.18. The van der Waals surface area contributed by atoms with Crippen molar-refractivity contribution in [2.75, 3.05) is 13.7 Å². The van der Waals surface area contributed by atoms with Crippen LogP contribution in [0.1, 0.15) is 19.4 Å². The number of carbonyl (C=O) groups excluding carboxylic acids is 3. The molecule has 27 heavy (non-hydrogen) atoms. The number of carbonyl (C=O) groups is 3. The van der Waals surface area contributed by atoms with E-state index in [0.717, 1.165) is 6.08 Å². The third kappa shape index (κ3) is 7.72. The number of hydrogen-bond donors (Lipinski definition) is 2.